The highest BCUT2D eigenvalue weighted by Crippen LogP contribution is 2.38. The number of fused-ring (bicyclic) bond motifs is 1. The third kappa shape index (κ3) is 15.3. The number of alkyl carbamates (subject to hydrolysis) is 1. The maximum Gasteiger partial charge on any atom is 0.407 e. The van der Waals surface area contributed by atoms with E-state index in [9.17, 15) is 38.4 Å². The number of urea groups is 1. The van der Waals surface area contributed by atoms with E-state index < -0.39 is 71.7 Å². The van der Waals surface area contributed by atoms with Crippen molar-refractivity contribution in [2.45, 2.75) is 148 Å². The lowest BCUT2D eigenvalue weighted by Crippen LogP contribution is -2.51. The number of nitrogens with two attached hydrogens (primary N) is 1. The molecule has 4 rings (SSSR count). The molecule has 0 radical (unpaired) electrons. The van der Waals surface area contributed by atoms with Crippen molar-refractivity contribution in [2.24, 2.45) is 17.6 Å². The number of rotatable bonds is 23. The maximum absolute atomic E-state index is 14.1. The number of hydrogen-bond donors (Lipinski definition) is 5. The summed E-state index contributed by atoms with van der Waals surface area (Å²) in [5.41, 5.74) is 6.26. The second-order valence-electron chi connectivity index (χ2n) is 17.7. The minimum Gasteiger partial charge on any atom is -0.444 e. The van der Waals surface area contributed by atoms with Gasteiger partial charge in [-0.25, -0.2) is 9.59 Å². The van der Waals surface area contributed by atoms with E-state index in [2.05, 4.69) is 21.3 Å². The Morgan fingerprint density at radius 2 is 1.55 bits per heavy atom. The zero-order valence-electron chi connectivity index (χ0n) is 36.9. The molecule has 6 atom stereocenters. The Bertz CT molecular complexity index is 1810. The zero-order valence-corrected chi connectivity index (χ0v) is 36.9. The van der Waals surface area contributed by atoms with Crippen molar-refractivity contribution in [3.63, 3.8) is 0 Å². The molecule has 2 saturated heterocycles. The Morgan fingerprint density at radius 3 is 2.18 bits per heavy atom. The Kier molecular flexibility index (Phi) is 17.7. The van der Waals surface area contributed by atoms with Crippen molar-refractivity contribution in [3.8, 4) is 0 Å². The van der Waals surface area contributed by atoms with E-state index in [1.807, 2.05) is 24.3 Å². The van der Waals surface area contributed by atoms with E-state index in [-0.39, 0.29) is 68.2 Å². The van der Waals surface area contributed by atoms with Gasteiger partial charge < -0.3 is 45.9 Å². The summed E-state index contributed by atoms with van der Waals surface area (Å²) in [5.74, 6) is -4.56. The number of unbranched alkanes of at least 4 members (excludes halogenated alkanes) is 2. The molecule has 0 aliphatic carbocycles. The van der Waals surface area contributed by atoms with Gasteiger partial charge >= 0.3 is 12.1 Å². The van der Waals surface area contributed by atoms with Gasteiger partial charge in [0.2, 0.25) is 11.8 Å². The molecule has 3 aliphatic heterocycles. The molecule has 18 heteroatoms. The molecular weight excluding hydrogens is 805 g/mol. The topological polar surface area (TPSA) is 251 Å². The summed E-state index contributed by atoms with van der Waals surface area (Å²) < 4.78 is 23.3. The monoisotopic (exact) mass is 868 g/mol. The highest BCUT2D eigenvalue weighted by molar-refractivity contribution is 6.12. The number of primary amides is 1. The van der Waals surface area contributed by atoms with Crippen LogP contribution in [0.5, 0.6) is 0 Å². The number of amides is 7. The Morgan fingerprint density at radius 1 is 0.887 bits per heavy atom. The summed E-state index contributed by atoms with van der Waals surface area (Å²) in [6.45, 7) is 13.1. The minimum absolute atomic E-state index is 0.00159. The molecule has 2 fully saturated rings. The van der Waals surface area contributed by atoms with E-state index in [1.165, 1.54) is 12.2 Å². The molecule has 342 valence electrons. The minimum atomic E-state index is -1.19. The number of carbonyl (C=O) groups is 8. The average Bonchev–Trinajstić information content (AvgIpc) is 3.78. The standard InChI is InChI=1S/C44H64N6O12/c1-26(2)29(25-32(52)37-36(38-40(59-37)61-44(6,7)60-38)49-33(53)13-9-8-10-23-50-34(54)18-19-35(50)55)39(56)48-30(12-11-21-46-41(45)57)31(51)24-28-16-14-27(15-17-28)20-22-47-42(58)62-43(3,4)5/h14-19,26,29-30,36-38,40H,8-13,20-25H2,1-7H3,(H,47,58)(H,48,56)(H,49,53)(H3,45,46,57)/t29-,30?,36?,37?,38?,40?/m1/s1. The van der Waals surface area contributed by atoms with E-state index >= 15 is 0 Å². The van der Waals surface area contributed by atoms with Crippen LogP contribution >= 0.6 is 0 Å². The third-order valence-corrected chi connectivity index (χ3v) is 10.6. The van der Waals surface area contributed by atoms with Crippen molar-refractivity contribution in [1.29, 1.82) is 0 Å². The second-order valence-corrected chi connectivity index (χ2v) is 17.7. The van der Waals surface area contributed by atoms with Crippen LogP contribution in [0.3, 0.4) is 0 Å². The second kappa shape index (κ2) is 22.2. The van der Waals surface area contributed by atoms with Crippen LogP contribution in [0, 0.1) is 11.8 Å². The molecule has 7 amide bonds. The van der Waals surface area contributed by atoms with E-state index in [0.717, 1.165) is 10.5 Å². The van der Waals surface area contributed by atoms with Crippen molar-refractivity contribution in [2.75, 3.05) is 19.6 Å². The normalized spacial score (nSPS) is 21.3. The van der Waals surface area contributed by atoms with E-state index in [4.69, 9.17) is 24.7 Å². The molecule has 0 saturated carbocycles. The molecule has 6 N–H and O–H groups in total. The molecule has 0 spiro atoms. The predicted octanol–water partition coefficient (Wildman–Crippen LogP) is 2.88. The van der Waals surface area contributed by atoms with Crippen LogP contribution in [0.1, 0.15) is 105 Å². The predicted molar refractivity (Wildman–Crippen MR) is 225 cm³/mol. The Hall–Kier alpha value is -5.20. The molecule has 3 aliphatic rings. The summed E-state index contributed by atoms with van der Waals surface area (Å²) in [4.78, 5) is 103. The summed E-state index contributed by atoms with van der Waals surface area (Å²) in [6, 6.07) is 4.76. The van der Waals surface area contributed by atoms with Crippen LogP contribution in [-0.4, -0.2) is 114 Å². The van der Waals surface area contributed by atoms with Crippen LogP contribution in [0.4, 0.5) is 9.59 Å². The van der Waals surface area contributed by atoms with Crippen LogP contribution in [-0.2, 0) is 60.6 Å². The van der Waals surface area contributed by atoms with Crippen molar-refractivity contribution < 1.29 is 57.3 Å². The first-order valence-corrected chi connectivity index (χ1v) is 21.4. The molecule has 0 aromatic heterocycles. The first kappa shape index (κ1) is 49.5. The number of nitrogens with one attached hydrogen (secondary N) is 4. The third-order valence-electron chi connectivity index (χ3n) is 10.6. The quantitative estimate of drug-likeness (QED) is 0.0787. The largest absolute Gasteiger partial charge is 0.444 e. The number of ketones is 2. The molecule has 18 nitrogen and oxygen atoms in total. The van der Waals surface area contributed by atoms with Gasteiger partial charge in [-0.15, -0.1) is 0 Å². The van der Waals surface area contributed by atoms with Crippen LogP contribution < -0.4 is 27.0 Å². The number of ether oxygens (including phenoxy) is 4. The van der Waals surface area contributed by atoms with Crippen LogP contribution in [0.2, 0.25) is 0 Å². The van der Waals surface area contributed by atoms with Crippen LogP contribution in [0.15, 0.2) is 36.4 Å². The first-order valence-electron chi connectivity index (χ1n) is 21.4. The highest BCUT2D eigenvalue weighted by atomic mass is 16.8. The fraction of sp³-hybridized carbons (Fsp3) is 0.636. The SMILES string of the molecule is CC(C)[C@@H](CC(=O)C1OC2OC(C)(C)OC2C1NC(=O)CCCCCN1C(=O)C=CC1=O)C(=O)NC(CCCNC(N)=O)C(=O)Cc1ccc(CCNC(=O)OC(C)(C)C)cc1. The molecular formula is C44H64N6O12. The fourth-order valence-electron chi connectivity index (χ4n) is 7.43. The maximum atomic E-state index is 14.1. The van der Waals surface area contributed by atoms with Crippen molar-refractivity contribution in [1.82, 2.24) is 26.2 Å². The van der Waals surface area contributed by atoms with Gasteiger partial charge in [-0.2, -0.15) is 0 Å². The average molecular weight is 869 g/mol. The highest BCUT2D eigenvalue weighted by Gasteiger charge is 2.57. The molecule has 0 bridgehead atoms. The van der Waals surface area contributed by atoms with Gasteiger partial charge in [-0.3, -0.25) is 33.7 Å². The van der Waals surface area contributed by atoms with Gasteiger partial charge in [-0.05, 0) is 83.8 Å². The number of imide groups is 1. The lowest BCUT2D eigenvalue weighted by Gasteiger charge is -2.28. The smallest absolute Gasteiger partial charge is 0.407 e. The number of Topliss-reactive ketones (excluding diaryl/α,β-unsaturated/α-hetero) is 2. The van der Waals surface area contributed by atoms with Crippen molar-refractivity contribution in [3.05, 3.63) is 47.5 Å². The summed E-state index contributed by atoms with van der Waals surface area (Å²) in [5, 5.41) is 11.0. The Labute approximate surface area is 363 Å². The fourth-order valence-corrected chi connectivity index (χ4v) is 7.43. The molecule has 62 heavy (non-hydrogen) atoms. The summed E-state index contributed by atoms with van der Waals surface area (Å²) in [7, 11) is 0. The van der Waals surface area contributed by atoms with Crippen molar-refractivity contribution >= 4 is 47.3 Å². The number of nitrogens with zero attached hydrogens (tertiary/aromatic N) is 1. The van der Waals surface area contributed by atoms with Gasteiger partial charge in [0, 0.05) is 57.0 Å². The lowest BCUT2D eigenvalue weighted by molar-refractivity contribution is -0.208. The molecule has 5 unspecified atom stereocenters. The summed E-state index contributed by atoms with van der Waals surface area (Å²) >= 11 is 0. The van der Waals surface area contributed by atoms with E-state index in [0.29, 0.717) is 44.2 Å². The molecule has 1 aromatic rings. The van der Waals surface area contributed by atoms with Gasteiger partial charge in [0.25, 0.3) is 11.8 Å². The molecule has 1 aromatic carbocycles. The number of hydrogen-bond acceptors (Lipinski definition) is 12. The molecule has 3 heterocycles. The van der Waals surface area contributed by atoms with Gasteiger partial charge in [-0.1, -0.05) is 44.5 Å². The number of benzene rings is 1. The van der Waals surface area contributed by atoms with Gasteiger partial charge in [0.15, 0.2) is 23.6 Å². The van der Waals surface area contributed by atoms with Crippen LogP contribution in [0.25, 0.3) is 0 Å². The lowest BCUT2D eigenvalue weighted by atomic mass is 9.86. The Balaban J connectivity index is 1.37. The van der Waals surface area contributed by atoms with Gasteiger partial charge in [0.1, 0.15) is 17.8 Å². The summed E-state index contributed by atoms with van der Waals surface area (Å²) in [6.07, 6.45) is 1.49. The first-order chi connectivity index (χ1) is 29.1. The van der Waals surface area contributed by atoms with Gasteiger partial charge in [0.05, 0.1) is 12.1 Å². The van der Waals surface area contributed by atoms with E-state index in [1.54, 1.807) is 48.5 Å². The number of carbonyl (C=O) groups excluding carboxylic acids is 8. The zero-order chi connectivity index (χ0) is 45.8.